The lowest BCUT2D eigenvalue weighted by atomic mass is 10.1. The third-order valence-electron chi connectivity index (χ3n) is 4.44. The summed E-state index contributed by atoms with van der Waals surface area (Å²) in [6.07, 6.45) is 3.15. The second kappa shape index (κ2) is 8.34. The number of hydrogen-bond donors (Lipinski definition) is 0. The van der Waals surface area contributed by atoms with Gasteiger partial charge in [0.15, 0.2) is 17.3 Å². The molecule has 2 heterocycles. The fourth-order valence-corrected chi connectivity index (χ4v) is 3.16. The summed E-state index contributed by atoms with van der Waals surface area (Å²) >= 11 is 6.09. The SMILES string of the molecule is COc1ccc(-c2nc3ccc(Cl)cc3c(=O)n2N=Cc2ccccn2)cc1OC. The number of rotatable bonds is 5. The van der Waals surface area contributed by atoms with Gasteiger partial charge in [-0.15, -0.1) is 0 Å². The van der Waals surface area contributed by atoms with Gasteiger partial charge < -0.3 is 9.47 Å². The molecule has 0 spiro atoms. The number of benzene rings is 2. The first kappa shape index (κ1) is 19.6. The number of halogens is 1. The maximum absolute atomic E-state index is 13.2. The Kier molecular flexibility index (Phi) is 5.45. The highest BCUT2D eigenvalue weighted by Gasteiger charge is 2.15. The Morgan fingerprint density at radius 3 is 2.60 bits per heavy atom. The van der Waals surface area contributed by atoms with E-state index in [4.69, 9.17) is 21.1 Å². The van der Waals surface area contributed by atoms with Gasteiger partial charge in [-0.1, -0.05) is 17.7 Å². The van der Waals surface area contributed by atoms with Crippen LogP contribution in [0.5, 0.6) is 11.5 Å². The van der Waals surface area contributed by atoms with Crippen molar-refractivity contribution < 1.29 is 9.47 Å². The molecule has 30 heavy (non-hydrogen) atoms. The Balaban J connectivity index is 1.97. The van der Waals surface area contributed by atoms with Crippen LogP contribution in [-0.2, 0) is 0 Å². The van der Waals surface area contributed by atoms with Crippen LogP contribution in [0.25, 0.3) is 22.3 Å². The zero-order valence-corrected chi connectivity index (χ0v) is 17.0. The molecule has 0 atom stereocenters. The van der Waals surface area contributed by atoms with E-state index in [1.54, 1.807) is 68.9 Å². The fourth-order valence-electron chi connectivity index (χ4n) is 2.99. The van der Waals surface area contributed by atoms with E-state index in [0.717, 1.165) is 0 Å². The van der Waals surface area contributed by atoms with Gasteiger partial charge in [0.1, 0.15) is 0 Å². The van der Waals surface area contributed by atoms with Crippen LogP contribution in [0.1, 0.15) is 5.69 Å². The first-order valence-electron chi connectivity index (χ1n) is 9.01. The molecule has 0 aliphatic heterocycles. The average Bonchev–Trinajstić information content (AvgIpc) is 2.79. The molecule has 0 radical (unpaired) electrons. The van der Waals surface area contributed by atoms with E-state index in [1.165, 1.54) is 10.9 Å². The third kappa shape index (κ3) is 3.75. The van der Waals surface area contributed by atoms with Crippen molar-refractivity contribution >= 4 is 28.7 Å². The van der Waals surface area contributed by atoms with E-state index in [9.17, 15) is 4.79 Å². The van der Waals surface area contributed by atoms with Crippen LogP contribution in [0.3, 0.4) is 0 Å². The number of fused-ring (bicyclic) bond motifs is 1. The van der Waals surface area contributed by atoms with E-state index in [-0.39, 0.29) is 5.56 Å². The predicted octanol–water partition coefficient (Wildman–Crippen LogP) is 4.01. The van der Waals surface area contributed by atoms with Crippen molar-refractivity contribution in [3.05, 3.63) is 81.9 Å². The Hall–Kier alpha value is -3.71. The van der Waals surface area contributed by atoms with Crippen molar-refractivity contribution in [3.8, 4) is 22.9 Å². The largest absolute Gasteiger partial charge is 0.493 e. The molecule has 0 fully saturated rings. The van der Waals surface area contributed by atoms with Gasteiger partial charge in [0.05, 0.1) is 37.0 Å². The molecular weight excluding hydrogens is 404 g/mol. The van der Waals surface area contributed by atoms with Gasteiger partial charge in [0.2, 0.25) is 0 Å². The molecular formula is C22H17ClN4O3. The minimum Gasteiger partial charge on any atom is -0.493 e. The lowest BCUT2D eigenvalue weighted by Crippen LogP contribution is -2.20. The monoisotopic (exact) mass is 420 g/mol. The van der Waals surface area contributed by atoms with Crippen LogP contribution < -0.4 is 15.0 Å². The van der Waals surface area contributed by atoms with Crippen LogP contribution in [-0.4, -0.2) is 35.1 Å². The van der Waals surface area contributed by atoms with Crippen molar-refractivity contribution in [1.82, 2.24) is 14.6 Å². The molecule has 0 saturated carbocycles. The quantitative estimate of drug-likeness (QED) is 0.456. The van der Waals surface area contributed by atoms with Crippen molar-refractivity contribution in [2.45, 2.75) is 0 Å². The molecule has 0 saturated heterocycles. The molecule has 4 aromatic rings. The van der Waals surface area contributed by atoms with E-state index < -0.39 is 0 Å². The number of pyridine rings is 1. The summed E-state index contributed by atoms with van der Waals surface area (Å²) in [7, 11) is 3.10. The molecule has 0 unspecified atom stereocenters. The molecule has 0 bridgehead atoms. The maximum atomic E-state index is 13.2. The number of methoxy groups -OCH3 is 2. The highest BCUT2D eigenvalue weighted by molar-refractivity contribution is 6.31. The Morgan fingerprint density at radius 1 is 1.03 bits per heavy atom. The molecule has 2 aromatic carbocycles. The van der Waals surface area contributed by atoms with Crippen molar-refractivity contribution in [2.24, 2.45) is 5.10 Å². The maximum Gasteiger partial charge on any atom is 0.282 e. The van der Waals surface area contributed by atoms with Crippen LogP contribution in [0.15, 0.2) is 70.7 Å². The van der Waals surface area contributed by atoms with Crippen molar-refractivity contribution in [2.75, 3.05) is 14.2 Å². The molecule has 0 N–H and O–H groups in total. The third-order valence-corrected chi connectivity index (χ3v) is 4.68. The van der Waals surface area contributed by atoms with Crippen LogP contribution in [0, 0.1) is 0 Å². The van der Waals surface area contributed by atoms with Crippen LogP contribution in [0.4, 0.5) is 0 Å². The molecule has 0 aliphatic rings. The van der Waals surface area contributed by atoms with Gasteiger partial charge in [0, 0.05) is 16.8 Å². The topological polar surface area (TPSA) is 78.6 Å². The summed E-state index contributed by atoms with van der Waals surface area (Å²) in [4.78, 5) is 22.1. The van der Waals surface area contributed by atoms with E-state index in [1.807, 2.05) is 6.07 Å². The fraction of sp³-hybridized carbons (Fsp3) is 0.0909. The molecule has 7 nitrogen and oxygen atoms in total. The summed E-state index contributed by atoms with van der Waals surface area (Å²) in [6.45, 7) is 0. The van der Waals surface area contributed by atoms with Crippen LogP contribution in [0.2, 0.25) is 5.02 Å². The molecule has 2 aromatic heterocycles. The molecule has 150 valence electrons. The highest BCUT2D eigenvalue weighted by atomic mass is 35.5. The summed E-state index contributed by atoms with van der Waals surface area (Å²) in [5, 5.41) is 5.18. The van der Waals surface area contributed by atoms with Gasteiger partial charge in [-0.25, -0.2) is 4.98 Å². The standard InChI is InChI=1S/C22H17ClN4O3/c1-29-19-9-6-14(11-20(19)30-2)21-26-18-8-7-15(23)12-17(18)22(28)27(21)25-13-16-5-3-4-10-24-16/h3-13H,1-2H3. The van der Waals surface area contributed by atoms with E-state index in [0.29, 0.717) is 44.5 Å². The van der Waals surface area contributed by atoms with Gasteiger partial charge in [-0.05, 0) is 48.5 Å². The summed E-state index contributed by atoms with van der Waals surface area (Å²) in [5.41, 5.74) is 1.41. The summed E-state index contributed by atoms with van der Waals surface area (Å²) in [6, 6.07) is 15.7. The Labute approximate surface area is 177 Å². The first-order chi connectivity index (χ1) is 14.6. The smallest absolute Gasteiger partial charge is 0.282 e. The minimum absolute atomic E-state index is 0.348. The van der Waals surface area contributed by atoms with Gasteiger partial charge in [-0.2, -0.15) is 9.78 Å². The van der Waals surface area contributed by atoms with E-state index >= 15 is 0 Å². The highest BCUT2D eigenvalue weighted by Crippen LogP contribution is 2.32. The Bertz CT molecular complexity index is 1300. The molecule has 0 amide bonds. The first-order valence-corrected chi connectivity index (χ1v) is 9.38. The molecule has 0 aliphatic carbocycles. The number of nitrogens with zero attached hydrogens (tertiary/aromatic N) is 4. The lowest BCUT2D eigenvalue weighted by molar-refractivity contribution is 0.355. The number of aromatic nitrogens is 3. The van der Waals surface area contributed by atoms with Crippen LogP contribution >= 0.6 is 11.6 Å². The lowest BCUT2D eigenvalue weighted by Gasteiger charge is -2.12. The Morgan fingerprint density at radius 2 is 1.87 bits per heavy atom. The van der Waals surface area contributed by atoms with E-state index in [2.05, 4.69) is 15.1 Å². The van der Waals surface area contributed by atoms with Gasteiger partial charge in [0.25, 0.3) is 5.56 Å². The summed E-state index contributed by atoms with van der Waals surface area (Å²) in [5.74, 6) is 1.43. The summed E-state index contributed by atoms with van der Waals surface area (Å²) < 4.78 is 11.9. The van der Waals surface area contributed by atoms with Crippen molar-refractivity contribution in [1.29, 1.82) is 0 Å². The predicted molar refractivity (Wildman–Crippen MR) is 117 cm³/mol. The molecule has 8 heteroatoms. The van der Waals surface area contributed by atoms with Crippen molar-refractivity contribution in [3.63, 3.8) is 0 Å². The van der Waals surface area contributed by atoms with Gasteiger partial charge in [-0.3, -0.25) is 9.78 Å². The second-order valence-corrected chi connectivity index (χ2v) is 6.72. The number of hydrogen-bond acceptors (Lipinski definition) is 6. The average molecular weight is 421 g/mol. The zero-order valence-electron chi connectivity index (χ0n) is 16.2. The number of ether oxygens (including phenoxy) is 2. The minimum atomic E-state index is -0.348. The normalized spacial score (nSPS) is 11.2. The zero-order chi connectivity index (χ0) is 21.1. The second-order valence-electron chi connectivity index (χ2n) is 6.28. The molecule has 4 rings (SSSR count). The van der Waals surface area contributed by atoms with Gasteiger partial charge >= 0.3 is 0 Å².